The van der Waals surface area contributed by atoms with Crippen molar-refractivity contribution < 1.29 is 28.7 Å². The summed E-state index contributed by atoms with van der Waals surface area (Å²) in [5.74, 6) is -2.19. The Kier molecular flexibility index (Phi) is 7.04. The number of hydrogen-bond donors (Lipinski definition) is 3. The Balaban J connectivity index is 1.58. The minimum atomic E-state index is -1.50. The van der Waals surface area contributed by atoms with E-state index in [-0.39, 0.29) is 45.6 Å². The number of carbonyl (C=O) groups is 3. The van der Waals surface area contributed by atoms with Gasteiger partial charge in [0.2, 0.25) is 11.8 Å². The number of hydrogen-bond acceptors (Lipinski definition) is 14. The van der Waals surface area contributed by atoms with Crippen LogP contribution in [0.3, 0.4) is 0 Å². The maximum Gasteiger partial charge on any atom is 0.352 e. The molecule has 4 N–H and O–H groups in total. The van der Waals surface area contributed by atoms with Crippen molar-refractivity contribution in [3.05, 3.63) is 46.9 Å². The zero-order valence-corrected chi connectivity index (χ0v) is 21.9. The number of thioether (sulfide) groups is 2. The molecule has 17 heteroatoms. The number of carboxylic acid groups (broad SMARTS) is 1. The molecule has 3 aromatic heterocycles. The summed E-state index contributed by atoms with van der Waals surface area (Å²) < 4.78 is 5.74. The normalized spacial score (nSPS) is 20.8. The Hall–Kier alpha value is -3.96. The van der Waals surface area contributed by atoms with Gasteiger partial charge in [0.15, 0.2) is 10.0 Å². The van der Waals surface area contributed by atoms with Crippen molar-refractivity contribution in [2.75, 3.05) is 18.6 Å². The number of nitrogens with zero attached hydrogens (tertiary/aromatic N) is 6. The fourth-order valence-corrected chi connectivity index (χ4v) is 7.18. The molecule has 38 heavy (non-hydrogen) atoms. The number of nitrogens with two attached hydrogens (primary N) is 1. The smallest absolute Gasteiger partial charge is 0.352 e. The number of aliphatic carboxylic acids is 1. The number of pyridine rings is 1. The van der Waals surface area contributed by atoms with Crippen LogP contribution >= 0.6 is 34.9 Å². The van der Waals surface area contributed by atoms with Crippen molar-refractivity contribution in [1.82, 2.24) is 30.4 Å². The topological polar surface area (TPSA) is 199 Å². The predicted octanol–water partition coefficient (Wildman–Crippen LogP) is 1.51. The molecule has 0 aliphatic carbocycles. The van der Waals surface area contributed by atoms with Crippen LogP contribution in [0.4, 0.5) is 5.13 Å². The first-order valence-electron chi connectivity index (χ1n) is 10.8. The average Bonchev–Trinajstić information content (AvgIpc) is 3.56. The molecule has 3 aromatic rings. The number of thiazole rings is 1. The molecule has 5 rings (SSSR count). The molecule has 0 radical (unpaired) electrons. The quantitative estimate of drug-likeness (QED) is 0.144. The number of carboxylic acids is 1. The Bertz CT molecular complexity index is 1460. The largest absolute Gasteiger partial charge is 0.477 e. The fraction of sp³-hybridized carbons (Fsp3) is 0.238. The van der Waals surface area contributed by atoms with E-state index in [0.717, 1.165) is 29.3 Å². The number of oxime groups is 1. The number of nitrogen functional groups attached to an aromatic ring is 1. The van der Waals surface area contributed by atoms with Crippen molar-refractivity contribution in [3.63, 3.8) is 0 Å². The van der Waals surface area contributed by atoms with E-state index in [4.69, 9.17) is 10.2 Å². The molecule has 2 atom stereocenters. The molecule has 2 aliphatic rings. The van der Waals surface area contributed by atoms with Crippen molar-refractivity contribution in [1.29, 1.82) is 0 Å². The van der Waals surface area contributed by atoms with Crippen molar-refractivity contribution in [2.24, 2.45) is 5.16 Å². The van der Waals surface area contributed by atoms with Gasteiger partial charge < -0.3 is 25.4 Å². The fourth-order valence-electron chi connectivity index (χ4n) is 3.89. The predicted molar refractivity (Wildman–Crippen MR) is 138 cm³/mol. The number of nitrogens with one attached hydrogen (secondary N) is 1. The van der Waals surface area contributed by atoms with Crippen LogP contribution in [0, 0.1) is 0 Å². The second-order valence-electron chi connectivity index (χ2n) is 7.73. The molecule has 5 heterocycles. The maximum atomic E-state index is 12.9. The third-order valence-electron chi connectivity index (χ3n) is 5.49. The van der Waals surface area contributed by atoms with Crippen LogP contribution < -0.4 is 11.1 Å². The lowest BCUT2D eigenvalue weighted by Gasteiger charge is -2.51. The second kappa shape index (κ2) is 10.4. The van der Waals surface area contributed by atoms with E-state index in [9.17, 15) is 19.5 Å². The Morgan fingerprint density at radius 3 is 2.97 bits per heavy atom. The molecule has 1 unspecified atom stereocenters. The molecule has 196 valence electrons. The SMILES string of the molecule is CON=CC(=O)NC1(c2csc(N)n2)S[C@H]2CC(=O)N2C(C(=O)O)=C1CSc1nnc(-c2cccnc2)o1. The monoisotopic (exact) mass is 574 g/mol. The highest BCUT2D eigenvalue weighted by Crippen LogP contribution is 2.55. The minimum Gasteiger partial charge on any atom is -0.477 e. The molecule has 14 nitrogen and oxygen atoms in total. The summed E-state index contributed by atoms with van der Waals surface area (Å²) in [7, 11) is 1.28. The summed E-state index contributed by atoms with van der Waals surface area (Å²) >= 11 is 3.35. The summed E-state index contributed by atoms with van der Waals surface area (Å²) in [5, 5.41) is 26.1. The van der Waals surface area contributed by atoms with Crippen molar-refractivity contribution in [3.8, 4) is 11.5 Å². The van der Waals surface area contributed by atoms with E-state index in [1.807, 2.05) is 0 Å². The molecule has 2 aliphatic heterocycles. The molecule has 1 saturated heterocycles. The molecule has 0 bridgehead atoms. The lowest BCUT2D eigenvalue weighted by Crippen LogP contribution is -2.61. The highest BCUT2D eigenvalue weighted by molar-refractivity contribution is 8.01. The van der Waals surface area contributed by atoms with Crippen molar-refractivity contribution >= 4 is 64.0 Å². The van der Waals surface area contributed by atoms with E-state index < -0.39 is 22.1 Å². The molecular formula is C21H18N8O6S3. The summed E-state index contributed by atoms with van der Waals surface area (Å²) in [6, 6.07) is 3.47. The van der Waals surface area contributed by atoms with Gasteiger partial charge in [-0.05, 0) is 12.1 Å². The van der Waals surface area contributed by atoms with Gasteiger partial charge in [0.25, 0.3) is 11.1 Å². The summed E-state index contributed by atoms with van der Waals surface area (Å²) in [5.41, 5.74) is 6.74. The summed E-state index contributed by atoms with van der Waals surface area (Å²) in [6.45, 7) is 0. The van der Waals surface area contributed by atoms with E-state index >= 15 is 0 Å². The second-order valence-corrected chi connectivity index (χ2v) is 10.9. The van der Waals surface area contributed by atoms with Crippen molar-refractivity contribution in [2.45, 2.75) is 21.9 Å². The molecule has 0 spiro atoms. The molecule has 0 saturated carbocycles. The first kappa shape index (κ1) is 25.7. The molecule has 0 aromatic carbocycles. The standard InChI is InChI=1S/C21H18N8O6S3/c1-34-24-7-13(30)26-21(12-9-36-19(22)25-12)11(16(18(32)33)29-14(31)5-15(29)38-21)8-37-20-28-27-17(35-20)10-3-2-4-23-6-10/h2-4,6-7,9,15H,5,8H2,1H3,(H2,22,25)(H,26,30)(H,32,33)/t15-,21?/m0/s1. The van der Waals surface area contributed by atoms with Gasteiger partial charge in [-0.2, -0.15) is 0 Å². The highest BCUT2D eigenvalue weighted by atomic mass is 32.2. The first-order valence-corrected chi connectivity index (χ1v) is 13.5. The van der Waals surface area contributed by atoms with Crippen LogP contribution in [0.25, 0.3) is 11.5 Å². The first-order chi connectivity index (χ1) is 18.3. The van der Waals surface area contributed by atoms with E-state index in [1.165, 1.54) is 23.8 Å². The average molecular weight is 575 g/mol. The van der Waals surface area contributed by atoms with Gasteiger partial charge in [-0.15, -0.1) is 21.5 Å². The van der Waals surface area contributed by atoms with Gasteiger partial charge in [0, 0.05) is 29.1 Å². The Labute approximate surface area is 226 Å². The molecule has 2 amide bonds. The van der Waals surface area contributed by atoms with Gasteiger partial charge in [0.05, 0.1) is 23.1 Å². The number of carbonyl (C=O) groups excluding carboxylic acids is 2. The van der Waals surface area contributed by atoms with Crippen LogP contribution in [0.15, 0.2) is 56.0 Å². The number of amides is 2. The van der Waals surface area contributed by atoms with E-state index in [2.05, 4.69) is 35.5 Å². The van der Waals surface area contributed by atoms with Gasteiger partial charge in [-0.1, -0.05) is 28.7 Å². The van der Waals surface area contributed by atoms with Gasteiger partial charge in [-0.3, -0.25) is 19.5 Å². The van der Waals surface area contributed by atoms with Crippen LogP contribution in [0.1, 0.15) is 12.1 Å². The zero-order valence-electron chi connectivity index (χ0n) is 19.4. The number of fused-ring (bicyclic) bond motifs is 1. The van der Waals surface area contributed by atoms with Crippen LogP contribution in [0.5, 0.6) is 0 Å². The third-order valence-corrected chi connectivity index (χ3v) is 8.56. The van der Waals surface area contributed by atoms with Gasteiger partial charge in [-0.25, -0.2) is 9.78 Å². The lowest BCUT2D eigenvalue weighted by molar-refractivity contribution is -0.146. The van der Waals surface area contributed by atoms with E-state index in [1.54, 1.807) is 29.9 Å². The molecular weight excluding hydrogens is 556 g/mol. The lowest BCUT2D eigenvalue weighted by atomic mass is 9.98. The Morgan fingerprint density at radius 2 is 2.32 bits per heavy atom. The number of anilines is 1. The van der Waals surface area contributed by atoms with Crippen LogP contribution in [-0.2, 0) is 24.1 Å². The number of β-lactam (4-membered cyclic amide) rings is 1. The zero-order chi connectivity index (χ0) is 26.9. The van der Waals surface area contributed by atoms with Gasteiger partial charge >= 0.3 is 5.97 Å². The summed E-state index contributed by atoms with van der Waals surface area (Å²) in [6.07, 6.45) is 4.18. The minimum absolute atomic E-state index is 0.0566. The Morgan fingerprint density at radius 1 is 1.47 bits per heavy atom. The number of rotatable bonds is 9. The molecule has 1 fully saturated rings. The summed E-state index contributed by atoms with van der Waals surface area (Å²) in [4.78, 5) is 50.6. The highest BCUT2D eigenvalue weighted by Gasteiger charge is 2.57. The van der Waals surface area contributed by atoms with Crippen LogP contribution in [-0.4, -0.2) is 72.4 Å². The van der Waals surface area contributed by atoms with E-state index in [0.29, 0.717) is 11.3 Å². The maximum absolute atomic E-state index is 12.9. The third kappa shape index (κ3) is 4.70. The van der Waals surface area contributed by atoms with Gasteiger partial charge in [0.1, 0.15) is 19.0 Å². The number of aromatic nitrogens is 4. The van der Waals surface area contributed by atoms with Crippen LogP contribution in [0.2, 0.25) is 0 Å².